The number of rotatable bonds is 6. The number of hydrogen-bond acceptors (Lipinski definition) is 12. The first-order valence-corrected chi connectivity index (χ1v) is 13.7. The van der Waals surface area contributed by atoms with Crippen LogP contribution in [0.3, 0.4) is 0 Å². The van der Waals surface area contributed by atoms with Crippen LogP contribution < -0.4 is 0 Å². The topological polar surface area (TPSA) is 146 Å². The fraction of sp³-hybridized carbons (Fsp3) is 0.417. The van der Waals surface area contributed by atoms with Crippen molar-refractivity contribution in [2.75, 3.05) is 7.11 Å². The zero-order valence-electron chi connectivity index (χ0n) is 21.0. The van der Waals surface area contributed by atoms with E-state index < -0.39 is 36.6 Å². The van der Waals surface area contributed by atoms with Crippen molar-refractivity contribution in [2.45, 2.75) is 57.3 Å². The Balaban J connectivity index is 1.43. The molecule has 0 spiro atoms. The maximum absolute atomic E-state index is 11.8. The molecule has 0 saturated carbocycles. The molecule has 0 radical (unpaired) electrons. The summed E-state index contributed by atoms with van der Waals surface area (Å²) in [7, 11) is 1.51. The van der Waals surface area contributed by atoms with Gasteiger partial charge in [0.15, 0.2) is 5.82 Å². The highest BCUT2D eigenvalue weighted by Gasteiger charge is 2.50. The Morgan fingerprint density at radius 3 is 2.79 bits per heavy atom. The number of thiazole rings is 2. The lowest BCUT2D eigenvalue weighted by Gasteiger charge is -2.44. The van der Waals surface area contributed by atoms with Crippen molar-refractivity contribution in [2.24, 2.45) is 0 Å². The molecule has 0 aliphatic carbocycles. The Morgan fingerprint density at radius 1 is 1.21 bits per heavy atom. The summed E-state index contributed by atoms with van der Waals surface area (Å²) >= 11 is 3.03. The molecule has 12 nitrogen and oxygen atoms in total. The molecule has 0 bridgehead atoms. The Bertz CT molecular complexity index is 1560. The zero-order chi connectivity index (χ0) is 26.6. The van der Waals surface area contributed by atoms with Crippen molar-refractivity contribution in [1.82, 2.24) is 39.7 Å². The van der Waals surface area contributed by atoms with Gasteiger partial charge in [0.2, 0.25) is 0 Å². The monoisotopic (exact) mass is 554 g/mol. The van der Waals surface area contributed by atoms with Gasteiger partial charge in [0, 0.05) is 18.7 Å². The van der Waals surface area contributed by atoms with Crippen molar-refractivity contribution in [3.63, 3.8) is 0 Å². The highest BCUT2D eigenvalue weighted by molar-refractivity contribution is 7.18. The molecule has 14 heteroatoms. The number of aliphatic hydroxyl groups is 2. The summed E-state index contributed by atoms with van der Waals surface area (Å²) < 4.78 is 16.3. The van der Waals surface area contributed by atoms with Crippen molar-refractivity contribution in [3.8, 4) is 16.4 Å². The van der Waals surface area contributed by atoms with Crippen molar-refractivity contribution in [3.05, 3.63) is 52.6 Å². The smallest absolute Gasteiger partial charge is 0.164 e. The second-order valence-corrected chi connectivity index (χ2v) is 11.3. The van der Waals surface area contributed by atoms with Gasteiger partial charge in [-0.15, -0.1) is 27.8 Å². The number of aryl methyl sites for hydroxylation is 2. The van der Waals surface area contributed by atoms with E-state index in [-0.39, 0.29) is 0 Å². The third-order valence-electron chi connectivity index (χ3n) is 6.56. The molecule has 4 unspecified atom stereocenters. The number of aliphatic hydroxyl groups excluding tert-OH is 2. The summed E-state index contributed by atoms with van der Waals surface area (Å²) in [5.41, 5.74) is 2.24. The molecule has 1 aliphatic rings. The van der Waals surface area contributed by atoms with Gasteiger partial charge in [-0.3, -0.25) is 0 Å². The first-order valence-electron chi connectivity index (χ1n) is 12.0. The third kappa shape index (κ3) is 4.32. The molecule has 198 valence electrons. The molecular weight excluding hydrogens is 528 g/mol. The minimum Gasteiger partial charge on any atom is -0.391 e. The Kier molecular flexibility index (Phi) is 6.53. The average molecular weight is 555 g/mol. The van der Waals surface area contributed by atoms with E-state index in [1.165, 1.54) is 18.4 Å². The van der Waals surface area contributed by atoms with Crippen LogP contribution in [-0.4, -0.2) is 81.5 Å². The molecule has 6 atom stereocenters. The molecule has 1 fully saturated rings. The molecule has 5 heterocycles. The second kappa shape index (κ2) is 9.87. The van der Waals surface area contributed by atoms with E-state index in [2.05, 4.69) is 30.4 Å². The number of benzene rings is 1. The van der Waals surface area contributed by atoms with Crippen molar-refractivity contribution in [1.29, 1.82) is 0 Å². The van der Waals surface area contributed by atoms with Gasteiger partial charge in [0.1, 0.15) is 47.0 Å². The Morgan fingerprint density at radius 2 is 2.05 bits per heavy atom. The quantitative estimate of drug-likeness (QED) is 0.321. The third-order valence-corrected chi connectivity index (χ3v) is 8.28. The number of ether oxygens (including phenoxy) is 2. The van der Waals surface area contributed by atoms with Gasteiger partial charge in [0.25, 0.3) is 0 Å². The summed E-state index contributed by atoms with van der Waals surface area (Å²) in [6, 6.07) is 5.10. The molecule has 38 heavy (non-hydrogen) atoms. The minimum absolute atomic E-state index is 0.404. The van der Waals surface area contributed by atoms with E-state index in [4.69, 9.17) is 9.47 Å². The Hall–Kier alpha value is -3.14. The van der Waals surface area contributed by atoms with Gasteiger partial charge in [-0.25, -0.2) is 24.3 Å². The van der Waals surface area contributed by atoms with Gasteiger partial charge in [-0.05, 0) is 39.0 Å². The summed E-state index contributed by atoms with van der Waals surface area (Å²) in [6.45, 7) is 5.37. The van der Waals surface area contributed by atoms with E-state index in [0.29, 0.717) is 22.4 Å². The van der Waals surface area contributed by atoms with Crippen LogP contribution in [0.4, 0.5) is 0 Å². The number of fused-ring (bicyclic) bond motifs is 1. The zero-order valence-corrected chi connectivity index (χ0v) is 22.7. The van der Waals surface area contributed by atoms with E-state index in [0.717, 1.165) is 20.9 Å². The van der Waals surface area contributed by atoms with Gasteiger partial charge in [-0.2, -0.15) is 5.10 Å². The fourth-order valence-electron chi connectivity index (χ4n) is 4.91. The Labute approximate surface area is 225 Å². The number of hydrogen-bond donors (Lipinski definition) is 2. The lowest BCUT2D eigenvalue weighted by Crippen LogP contribution is -2.56. The predicted octanol–water partition coefficient (Wildman–Crippen LogP) is 2.65. The average Bonchev–Trinajstić information content (AvgIpc) is 3.68. The first-order chi connectivity index (χ1) is 18.3. The molecule has 0 amide bonds. The van der Waals surface area contributed by atoms with Crippen LogP contribution in [0.2, 0.25) is 0 Å². The lowest BCUT2D eigenvalue weighted by atomic mass is 9.89. The molecule has 1 saturated heterocycles. The first kappa shape index (κ1) is 25.2. The minimum atomic E-state index is -1.16. The van der Waals surface area contributed by atoms with Crippen LogP contribution in [0.1, 0.15) is 35.7 Å². The van der Waals surface area contributed by atoms with Crippen LogP contribution in [0, 0.1) is 13.8 Å². The SMILES string of the molecule is CO[C@H]1C(C(C)O)O[C@@H](c2nc(C)nn2-c2ccc3nc(C)sc3c2)C(O)C1n1cc(-c2nccs2)nn1. The molecule has 5 aromatic rings. The highest BCUT2D eigenvalue weighted by atomic mass is 32.1. The lowest BCUT2D eigenvalue weighted by molar-refractivity contribution is -0.231. The van der Waals surface area contributed by atoms with Gasteiger partial charge < -0.3 is 19.7 Å². The summed E-state index contributed by atoms with van der Waals surface area (Å²) in [5.74, 6) is 0.920. The molecule has 1 aromatic carbocycles. The standard InChI is InChI=1S/C24H26N8O4S2/c1-11(33)20-21(35-4)18(31-10-16(28-30-31)24-25-7-8-37-24)19(34)22(36-20)23-26-12(2)29-32(23)14-5-6-15-17(9-14)38-13(3)27-15/h5-11,18-22,33-34H,1-4H3/t11?,18?,19?,20?,21-,22-/m1/s1. The maximum Gasteiger partial charge on any atom is 0.164 e. The van der Waals surface area contributed by atoms with Crippen LogP contribution in [-0.2, 0) is 9.47 Å². The number of methoxy groups -OCH3 is 1. The molecule has 1 aliphatic heterocycles. The highest BCUT2D eigenvalue weighted by Crippen LogP contribution is 2.41. The molecule has 4 aromatic heterocycles. The van der Waals surface area contributed by atoms with Gasteiger partial charge in [-0.1, -0.05) is 5.21 Å². The van der Waals surface area contributed by atoms with Crippen molar-refractivity contribution < 1.29 is 19.7 Å². The fourth-order valence-corrected chi connectivity index (χ4v) is 6.36. The van der Waals surface area contributed by atoms with E-state index >= 15 is 0 Å². The summed E-state index contributed by atoms with van der Waals surface area (Å²) in [6.07, 6.45) is -1.11. The van der Waals surface area contributed by atoms with Gasteiger partial charge >= 0.3 is 0 Å². The van der Waals surface area contributed by atoms with Crippen molar-refractivity contribution >= 4 is 32.9 Å². The normalized spacial score (nSPS) is 24.7. The summed E-state index contributed by atoms with van der Waals surface area (Å²) in [4.78, 5) is 13.5. The number of aromatic nitrogens is 8. The van der Waals surface area contributed by atoms with Crippen LogP contribution in [0.5, 0.6) is 0 Å². The second-order valence-electron chi connectivity index (χ2n) is 9.18. The molecular formula is C24H26N8O4S2. The van der Waals surface area contributed by atoms with E-state index in [1.807, 2.05) is 30.5 Å². The van der Waals surface area contributed by atoms with E-state index in [1.54, 1.807) is 46.9 Å². The van der Waals surface area contributed by atoms with E-state index in [9.17, 15) is 10.2 Å². The number of nitrogens with zero attached hydrogens (tertiary/aromatic N) is 8. The summed E-state index contributed by atoms with van der Waals surface area (Å²) in [5, 5.41) is 39.1. The van der Waals surface area contributed by atoms with Crippen LogP contribution >= 0.6 is 22.7 Å². The van der Waals surface area contributed by atoms with Crippen LogP contribution in [0.25, 0.3) is 26.6 Å². The largest absolute Gasteiger partial charge is 0.391 e. The predicted molar refractivity (Wildman–Crippen MR) is 140 cm³/mol. The molecule has 6 rings (SSSR count). The molecule has 2 N–H and O–H groups in total. The van der Waals surface area contributed by atoms with Crippen LogP contribution in [0.15, 0.2) is 36.0 Å². The maximum atomic E-state index is 11.8. The van der Waals surface area contributed by atoms with Gasteiger partial charge in [0.05, 0.1) is 33.2 Å².